The number of carbonyl (C=O) groups is 2. The van der Waals surface area contributed by atoms with E-state index in [4.69, 9.17) is 4.74 Å². The van der Waals surface area contributed by atoms with Crippen molar-refractivity contribution in [1.29, 1.82) is 0 Å². The molecule has 0 fully saturated rings. The van der Waals surface area contributed by atoms with Gasteiger partial charge in [-0.1, -0.05) is 25.1 Å². The number of aryl methyl sites for hydroxylation is 1. The van der Waals surface area contributed by atoms with E-state index in [1.165, 1.54) is 31.3 Å². The molecule has 2 aromatic carbocycles. The smallest absolute Gasteiger partial charge is 0.338 e. The van der Waals surface area contributed by atoms with E-state index in [9.17, 15) is 18.0 Å². The number of carbonyl (C=O) groups excluding carboxylic acids is 2. The minimum absolute atomic E-state index is 0.00944. The Morgan fingerprint density at radius 2 is 1.68 bits per heavy atom. The number of para-hydroxylation sites is 1. The van der Waals surface area contributed by atoms with Crippen molar-refractivity contribution >= 4 is 27.6 Å². The first-order valence-corrected chi connectivity index (χ1v) is 10.3. The van der Waals surface area contributed by atoms with Crippen LogP contribution in [-0.4, -0.2) is 44.8 Å². The highest BCUT2D eigenvalue weighted by atomic mass is 32.2. The van der Waals surface area contributed by atoms with Crippen molar-refractivity contribution in [2.45, 2.75) is 25.2 Å². The molecule has 0 aliphatic carbocycles. The molecular weight excluding hydrogens is 380 g/mol. The maximum absolute atomic E-state index is 12.7. The fourth-order valence-corrected chi connectivity index (χ4v) is 3.71. The summed E-state index contributed by atoms with van der Waals surface area (Å²) in [5, 5.41) is 2.75. The highest BCUT2D eigenvalue weighted by Gasteiger charge is 2.23. The quantitative estimate of drug-likeness (QED) is 0.683. The second-order valence-electron chi connectivity index (χ2n) is 6.06. The molecule has 0 unspecified atom stereocenters. The Bertz CT molecular complexity index is 939. The Kier molecular flexibility index (Phi) is 7.31. The molecule has 0 saturated heterocycles. The Hall–Kier alpha value is -2.71. The maximum atomic E-state index is 12.7. The summed E-state index contributed by atoms with van der Waals surface area (Å²) in [4.78, 5) is 24.0. The zero-order valence-corrected chi connectivity index (χ0v) is 17.0. The molecule has 0 heterocycles. The van der Waals surface area contributed by atoms with Crippen LogP contribution in [0.25, 0.3) is 0 Å². The number of rotatable bonds is 8. The first-order chi connectivity index (χ1) is 13.3. The lowest BCUT2D eigenvalue weighted by molar-refractivity contribution is -0.116. The van der Waals surface area contributed by atoms with Crippen molar-refractivity contribution in [3.8, 4) is 0 Å². The Balaban J connectivity index is 2.08. The number of amides is 1. The number of nitrogens with one attached hydrogen (secondary N) is 1. The van der Waals surface area contributed by atoms with Crippen molar-refractivity contribution in [2.24, 2.45) is 0 Å². The fourth-order valence-electron chi connectivity index (χ4n) is 2.58. The Morgan fingerprint density at radius 3 is 2.29 bits per heavy atom. The summed E-state index contributed by atoms with van der Waals surface area (Å²) in [6, 6.07) is 12.8. The summed E-state index contributed by atoms with van der Waals surface area (Å²) < 4.78 is 31.2. The van der Waals surface area contributed by atoms with E-state index in [2.05, 4.69) is 5.32 Å². The average Bonchev–Trinajstić information content (AvgIpc) is 2.68. The predicted octanol–water partition coefficient (Wildman–Crippen LogP) is 2.68. The van der Waals surface area contributed by atoms with E-state index in [-0.39, 0.29) is 23.6 Å². The topological polar surface area (TPSA) is 92.8 Å². The summed E-state index contributed by atoms with van der Waals surface area (Å²) in [7, 11) is -2.54. The van der Waals surface area contributed by atoms with Gasteiger partial charge in [0, 0.05) is 12.7 Å². The number of hydrogen-bond acceptors (Lipinski definition) is 5. The van der Waals surface area contributed by atoms with E-state index >= 15 is 0 Å². The van der Waals surface area contributed by atoms with E-state index in [1.807, 2.05) is 19.1 Å². The molecule has 0 aliphatic heterocycles. The van der Waals surface area contributed by atoms with Gasteiger partial charge in [0.2, 0.25) is 15.9 Å². The van der Waals surface area contributed by atoms with Gasteiger partial charge in [-0.15, -0.1) is 0 Å². The average molecular weight is 404 g/mol. The monoisotopic (exact) mass is 404 g/mol. The van der Waals surface area contributed by atoms with Gasteiger partial charge in [0.25, 0.3) is 0 Å². The summed E-state index contributed by atoms with van der Waals surface area (Å²) in [5.41, 5.74) is 1.90. The van der Waals surface area contributed by atoms with Crippen LogP contribution in [0.1, 0.15) is 29.8 Å². The molecule has 0 bridgehead atoms. The number of benzene rings is 2. The van der Waals surface area contributed by atoms with Gasteiger partial charge < -0.3 is 10.1 Å². The molecule has 28 heavy (non-hydrogen) atoms. The van der Waals surface area contributed by atoms with Gasteiger partial charge in [-0.3, -0.25) is 4.79 Å². The normalized spacial score (nSPS) is 11.3. The van der Waals surface area contributed by atoms with Crippen LogP contribution >= 0.6 is 0 Å². The molecule has 0 spiro atoms. The highest BCUT2D eigenvalue weighted by molar-refractivity contribution is 7.89. The summed E-state index contributed by atoms with van der Waals surface area (Å²) >= 11 is 0. The number of ether oxygens (including phenoxy) is 1. The van der Waals surface area contributed by atoms with Crippen molar-refractivity contribution in [3.05, 3.63) is 59.7 Å². The molecule has 0 saturated carbocycles. The third kappa shape index (κ3) is 5.17. The maximum Gasteiger partial charge on any atom is 0.338 e. The molecule has 2 aromatic rings. The van der Waals surface area contributed by atoms with Gasteiger partial charge in [-0.2, -0.15) is 4.31 Å². The van der Waals surface area contributed by atoms with Gasteiger partial charge >= 0.3 is 5.97 Å². The molecule has 0 aliphatic rings. The van der Waals surface area contributed by atoms with Crippen LogP contribution in [0.2, 0.25) is 0 Å². The molecule has 2 rings (SSSR count). The standard InChI is InChI=1S/C20H24N2O5S/c1-4-15-8-6-7-9-18(15)21-19(23)14-22(3)28(25,26)17-12-10-16(11-13-17)20(24)27-5-2/h6-13H,4-5,14H2,1-3H3,(H,21,23). The second kappa shape index (κ2) is 9.48. The number of anilines is 1. The van der Waals surface area contributed by atoms with Gasteiger partial charge in [0.15, 0.2) is 0 Å². The van der Waals surface area contributed by atoms with Gasteiger partial charge in [0.05, 0.1) is 23.6 Å². The molecule has 0 radical (unpaired) electrons. The van der Waals surface area contributed by atoms with Crippen LogP contribution < -0.4 is 5.32 Å². The predicted molar refractivity (Wildman–Crippen MR) is 107 cm³/mol. The van der Waals surface area contributed by atoms with Gasteiger partial charge in [-0.25, -0.2) is 13.2 Å². The lowest BCUT2D eigenvalue weighted by Crippen LogP contribution is -2.35. The highest BCUT2D eigenvalue weighted by Crippen LogP contribution is 2.18. The van der Waals surface area contributed by atoms with E-state index in [0.717, 1.165) is 16.3 Å². The van der Waals surface area contributed by atoms with E-state index < -0.39 is 21.9 Å². The molecule has 7 nitrogen and oxygen atoms in total. The number of hydrogen-bond donors (Lipinski definition) is 1. The summed E-state index contributed by atoms with van der Waals surface area (Å²) in [6.45, 7) is 3.56. The van der Waals surface area contributed by atoms with Gasteiger partial charge in [0.1, 0.15) is 0 Å². The minimum atomic E-state index is -3.88. The molecular formula is C20H24N2O5S. The number of sulfonamides is 1. The summed E-state index contributed by atoms with van der Waals surface area (Å²) in [6.07, 6.45) is 0.747. The van der Waals surface area contributed by atoms with Gasteiger partial charge in [-0.05, 0) is 49.2 Å². The molecule has 1 amide bonds. The first-order valence-electron chi connectivity index (χ1n) is 8.90. The van der Waals surface area contributed by atoms with Crippen LogP contribution in [0.15, 0.2) is 53.4 Å². The fraction of sp³-hybridized carbons (Fsp3) is 0.300. The van der Waals surface area contributed by atoms with Crippen molar-refractivity contribution in [3.63, 3.8) is 0 Å². The van der Waals surface area contributed by atoms with Crippen molar-refractivity contribution < 1.29 is 22.7 Å². The van der Waals surface area contributed by atoms with Crippen LogP contribution in [0.3, 0.4) is 0 Å². The van der Waals surface area contributed by atoms with Crippen LogP contribution in [-0.2, 0) is 26.0 Å². The van der Waals surface area contributed by atoms with E-state index in [0.29, 0.717) is 5.69 Å². The number of likely N-dealkylation sites (N-methyl/N-ethyl adjacent to an activating group) is 1. The zero-order valence-electron chi connectivity index (χ0n) is 16.1. The third-order valence-electron chi connectivity index (χ3n) is 4.11. The lowest BCUT2D eigenvalue weighted by Gasteiger charge is -2.18. The summed E-state index contributed by atoms with van der Waals surface area (Å²) in [5.74, 6) is -0.955. The number of nitrogens with zero attached hydrogens (tertiary/aromatic N) is 1. The minimum Gasteiger partial charge on any atom is -0.462 e. The zero-order chi connectivity index (χ0) is 20.7. The van der Waals surface area contributed by atoms with Crippen LogP contribution in [0, 0.1) is 0 Å². The Morgan fingerprint density at radius 1 is 1.04 bits per heavy atom. The van der Waals surface area contributed by atoms with Crippen molar-refractivity contribution in [1.82, 2.24) is 4.31 Å². The second-order valence-corrected chi connectivity index (χ2v) is 8.11. The molecule has 8 heteroatoms. The van der Waals surface area contributed by atoms with Crippen LogP contribution in [0.5, 0.6) is 0 Å². The third-order valence-corrected chi connectivity index (χ3v) is 5.93. The molecule has 0 aromatic heterocycles. The SMILES string of the molecule is CCOC(=O)c1ccc(S(=O)(=O)N(C)CC(=O)Nc2ccccc2CC)cc1. The molecule has 1 N–H and O–H groups in total. The van der Waals surface area contributed by atoms with E-state index in [1.54, 1.807) is 19.1 Å². The van der Waals surface area contributed by atoms with Crippen molar-refractivity contribution in [2.75, 3.05) is 25.5 Å². The number of esters is 1. The van der Waals surface area contributed by atoms with Crippen LogP contribution in [0.4, 0.5) is 5.69 Å². The molecule has 150 valence electrons. The first kappa shape index (κ1) is 21.6. The lowest BCUT2D eigenvalue weighted by atomic mass is 10.1. The Labute approximate surface area is 165 Å². The molecule has 0 atom stereocenters. The largest absolute Gasteiger partial charge is 0.462 e.